The maximum atomic E-state index is 13.1. The molecule has 1 aliphatic rings. The Bertz CT molecular complexity index is 1150. The Balaban J connectivity index is 2.44. The molecule has 11 nitrogen and oxygen atoms in total. The van der Waals surface area contributed by atoms with Gasteiger partial charge in [0.1, 0.15) is 36.6 Å². The zero-order valence-corrected chi connectivity index (χ0v) is 39.1. The molecule has 9 atom stereocenters. The lowest BCUT2D eigenvalue weighted by Crippen LogP contribution is -2.60. The largest absolute Gasteiger partial charge is 0.394 e. The Morgan fingerprint density at radius 1 is 0.548 bits per heavy atom. The van der Waals surface area contributed by atoms with Crippen molar-refractivity contribution < 1.29 is 50.0 Å². The molecule has 0 bridgehead atoms. The Kier molecular flexibility index (Phi) is 38.0. The average Bonchev–Trinajstić information content (AvgIpc) is 3.27. The second-order valence-corrected chi connectivity index (χ2v) is 17.5. The van der Waals surface area contributed by atoms with Crippen LogP contribution in [0.4, 0.5) is 0 Å². The summed E-state index contributed by atoms with van der Waals surface area (Å²) >= 11 is 0. The quantitative estimate of drug-likeness (QED) is 0.0218. The Morgan fingerprint density at radius 2 is 0.984 bits per heavy atom. The second-order valence-electron chi connectivity index (χ2n) is 17.5. The molecule has 0 radical (unpaired) electrons. The number of amides is 1. The summed E-state index contributed by atoms with van der Waals surface area (Å²) in [6.07, 6.45) is 37.3. The molecule has 1 saturated heterocycles. The lowest BCUT2D eigenvalue weighted by atomic mass is 9.98. The van der Waals surface area contributed by atoms with Crippen LogP contribution in [0.25, 0.3) is 0 Å². The van der Waals surface area contributed by atoms with Gasteiger partial charge in [0, 0.05) is 0 Å². The summed E-state index contributed by atoms with van der Waals surface area (Å²) in [7, 11) is 0. The van der Waals surface area contributed by atoms with E-state index in [9.17, 15) is 40.5 Å². The van der Waals surface area contributed by atoms with Crippen LogP contribution in [-0.2, 0) is 14.3 Å². The van der Waals surface area contributed by atoms with E-state index in [1.807, 2.05) is 0 Å². The normalized spacial score (nSPS) is 21.7. The smallest absolute Gasteiger partial charge is 0.249 e. The van der Waals surface area contributed by atoms with E-state index in [2.05, 4.69) is 67.8 Å². The highest BCUT2D eigenvalue weighted by molar-refractivity contribution is 5.80. The third-order valence-corrected chi connectivity index (χ3v) is 11.8. The van der Waals surface area contributed by atoms with Crippen LogP contribution in [-0.4, -0.2) is 110 Å². The Hall–Kier alpha value is -1.93. The minimum Gasteiger partial charge on any atom is -0.394 e. The van der Waals surface area contributed by atoms with Gasteiger partial charge < -0.3 is 50.5 Å². The van der Waals surface area contributed by atoms with Crippen molar-refractivity contribution in [1.29, 1.82) is 0 Å². The van der Waals surface area contributed by atoms with Gasteiger partial charge in [0.05, 0.1) is 25.4 Å². The lowest BCUT2D eigenvalue weighted by molar-refractivity contribution is -0.303. The van der Waals surface area contributed by atoms with Crippen LogP contribution >= 0.6 is 0 Å². The van der Waals surface area contributed by atoms with Gasteiger partial charge in [0.2, 0.25) is 5.91 Å². The predicted molar refractivity (Wildman–Crippen MR) is 251 cm³/mol. The number of rotatable bonds is 41. The summed E-state index contributed by atoms with van der Waals surface area (Å²) in [6, 6.07) is -1.20. The van der Waals surface area contributed by atoms with Crippen LogP contribution in [0, 0.1) is 0 Å². The fourth-order valence-corrected chi connectivity index (χ4v) is 7.63. The summed E-state index contributed by atoms with van der Waals surface area (Å²) in [5, 5.41) is 75.7. The molecule has 1 amide bonds. The summed E-state index contributed by atoms with van der Waals surface area (Å²) in [5.41, 5.74) is 0. The summed E-state index contributed by atoms with van der Waals surface area (Å²) in [6.45, 7) is 3.37. The first-order chi connectivity index (χ1) is 30.2. The molecule has 0 aromatic carbocycles. The molecular formula is C51H93NO10. The van der Waals surface area contributed by atoms with Gasteiger partial charge in [0.25, 0.3) is 0 Å². The average molecular weight is 880 g/mol. The van der Waals surface area contributed by atoms with E-state index in [0.717, 1.165) is 70.6 Å². The van der Waals surface area contributed by atoms with Gasteiger partial charge >= 0.3 is 0 Å². The van der Waals surface area contributed by atoms with Crippen LogP contribution in [0.15, 0.2) is 48.6 Å². The van der Waals surface area contributed by atoms with Crippen molar-refractivity contribution in [2.24, 2.45) is 0 Å². The number of allylic oxidation sites excluding steroid dienone is 8. The molecule has 11 heteroatoms. The molecule has 362 valence electrons. The molecular weight excluding hydrogens is 787 g/mol. The van der Waals surface area contributed by atoms with Crippen molar-refractivity contribution >= 4 is 5.91 Å². The maximum Gasteiger partial charge on any atom is 0.249 e. The first kappa shape index (κ1) is 58.1. The number of aliphatic hydroxyl groups excluding tert-OH is 7. The SMILES string of the molecule is CCCC/C=C/CC/C=C/CC/C=C/CCCC(O)C(O)C(COC1OC(CO)C(O)C(O)C1O)NC(=O)C(O)CCCCCCCC/C=C\CCCCCCCCCCCC. The van der Waals surface area contributed by atoms with Crippen molar-refractivity contribution in [3.63, 3.8) is 0 Å². The second kappa shape index (κ2) is 40.6. The first-order valence-electron chi connectivity index (χ1n) is 25.0. The van der Waals surface area contributed by atoms with Gasteiger partial charge in [-0.15, -0.1) is 0 Å². The van der Waals surface area contributed by atoms with E-state index >= 15 is 0 Å². The number of hydrogen-bond donors (Lipinski definition) is 8. The monoisotopic (exact) mass is 880 g/mol. The molecule has 0 saturated carbocycles. The number of nitrogens with one attached hydrogen (secondary N) is 1. The molecule has 62 heavy (non-hydrogen) atoms. The van der Waals surface area contributed by atoms with Gasteiger partial charge in [0.15, 0.2) is 6.29 Å². The predicted octanol–water partition coefficient (Wildman–Crippen LogP) is 8.95. The molecule has 1 heterocycles. The first-order valence-corrected chi connectivity index (χ1v) is 25.0. The molecule has 0 aliphatic carbocycles. The number of hydrogen-bond acceptors (Lipinski definition) is 10. The fourth-order valence-electron chi connectivity index (χ4n) is 7.63. The fraction of sp³-hybridized carbons (Fsp3) is 0.824. The number of aliphatic hydroxyl groups is 7. The molecule has 0 aromatic rings. The highest BCUT2D eigenvalue weighted by Crippen LogP contribution is 2.23. The third kappa shape index (κ3) is 29.5. The molecule has 0 spiro atoms. The van der Waals surface area contributed by atoms with Crippen molar-refractivity contribution in [3.8, 4) is 0 Å². The van der Waals surface area contributed by atoms with Gasteiger partial charge in [-0.3, -0.25) is 4.79 Å². The zero-order chi connectivity index (χ0) is 45.5. The van der Waals surface area contributed by atoms with E-state index in [1.165, 1.54) is 83.5 Å². The zero-order valence-electron chi connectivity index (χ0n) is 39.1. The highest BCUT2D eigenvalue weighted by Gasteiger charge is 2.44. The number of unbranched alkanes of at least 4 members (excludes halogenated alkanes) is 21. The minimum atomic E-state index is -1.67. The van der Waals surface area contributed by atoms with E-state index < -0.39 is 74.2 Å². The van der Waals surface area contributed by atoms with Crippen LogP contribution in [0.1, 0.15) is 200 Å². The highest BCUT2D eigenvalue weighted by atomic mass is 16.7. The standard InChI is InChI=1S/C51H93NO10/c1-3-5-7-9-11-13-15-17-19-20-21-22-23-25-27-29-31-33-35-37-39-44(55)50(60)52-42(41-61-51-49(59)48(58)47(57)45(40-53)62-51)46(56)43(54)38-36-34-32-30-28-26-24-18-16-14-12-10-8-6-4-2/h10,12,18,22-24,30,32,42-49,51,53-59H,3-9,11,13-17,19-21,25-29,31,33-41H2,1-2H3,(H,52,60)/b12-10+,23-22-,24-18+,32-30+. The van der Waals surface area contributed by atoms with E-state index in [0.29, 0.717) is 19.3 Å². The van der Waals surface area contributed by atoms with Gasteiger partial charge in [-0.05, 0) is 83.5 Å². The lowest BCUT2D eigenvalue weighted by Gasteiger charge is -2.40. The number of ether oxygens (including phenoxy) is 2. The molecule has 9 unspecified atom stereocenters. The maximum absolute atomic E-state index is 13.1. The molecule has 1 aliphatic heterocycles. The van der Waals surface area contributed by atoms with E-state index in [4.69, 9.17) is 9.47 Å². The summed E-state index contributed by atoms with van der Waals surface area (Å²) in [4.78, 5) is 13.1. The van der Waals surface area contributed by atoms with E-state index in [1.54, 1.807) is 0 Å². The molecule has 1 rings (SSSR count). The number of carbonyl (C=O) groups is 1. The van der Waals surface area contributed by atoms with Crippen molar-refractivity contribution in [2.45, 2.75) is 255 Å². The van der Waals surface area contributed by atoms with Gasteiger partial charge in [-0.25, -0.2) is 0 Å². The van der Waals surface area contributed by atoms with Crippen molar-refractivity contribution in [2.75, 3.05) is 13.2 Å². The summed E-state index contributed by atoms with van der Waals surface area (Å²) in [5.74, 6) is -0.719. The van der Waals surface area contributed by atoms with Gasteiger partial charge in [-0.1, -0.05) is 165 Å². The molecule has 8 N–H and O–H groups in total. The van der Waals surface area contributed by atoms with Crippen LogP contribution < -0.4 is 5.32 Å². The third-order valence-electron chi connectivity index (χ3n) is 11.8. The van der Waals surface area contributed by atoms with Crippen molar-refractivity contribution in [1.82, 2.24) is 5.32 Å². The van der Waals surface area contributed by atoms with E-state index in [-0.39, 0.29) is 12.8 Å². The van der Waals surface area contributed by atoms with Crippen LogP contribution in [0.5, 0.6) is 0 Å². The minimum absolute atomic E-state index is 0.238. The Labute approximate surface area is 377 Å². The van der Waals surface area contributed by atoms with Gasteiger partial charge in [-0.2, -0.15) is 0 Å². The topological polar surface area (TPSA) is 189 Å². The molecule has 1 fully saturated rings. The van der Waals surface area contributed by atoms with Crippen LogP contribution in [0.2, 0.25) is 0 Å². The van der Waals surface area contributed by atoms with Crippen molar-refractivity contribution in [3.05, 3.63) is 48.6 Å². The summed E-state index contributed by atoms with van der Waals surface area (Å²) < 4.78 is 11.1. The number of carbonyl (C=O) groups excluding carboxylic acids is 1. The Morgan fingerprint density at radius 3 is 1.48 bits per heavy atom. The van der Waals surface area contributed by atoms with Crippen LogP contribution in [0.3, 0.4) is 0 Å². The molecule has 0 aromatic heterocycles.